The van der Waals surface area contributed by atoms with Crippen LogP contribution in [0.4, 0.5) is 5.95 Å². The molecule has 140 valence electrons. The molecule has 0 aliphatic heterocycles. The summed E-state index contributed by atoms with van der Waals surface area (Å²) in [6.45, 7) is 1.95. The number of anilines is 1. The lowest BCUT2D eigenvalue weighted by molar-refractivity contribution is -0.117. The number of H-pyrrole nitrogens is 1. The summed E-state index contributed by atoms with van der Waals surface area (Å²) in [5.74, 6) is -0.105. The summed E-state index contributed by atoms with van der Waals surface area (Å²) in [5, 5.41) is 5.56. The second-order valence-corrected chi connectivity index (χ2v) is 6.41. The van der Waals surface area contributed by atoms with Crippen molar-refractivity contribution in [3.63, 3.8) is 0 Å². The fraction of sp³-hybridized carbons (Fsp3) is 0.143. The average Bonchev–Trinajstić information content (AvgIpc) is 3.13. The van der Waals surface area contributed by atoms with Gasteiger partial charge in [-0.15, -0.1) is 0 Å². The van der Waals surface area contributed by atoms with Crippen LogP contribution in [0.25, 0.3) is 17.0 Å². The minimum Gasteiger partial charge on any atom is -0.294 e. The molecule has 0 saturated heterocycles. The van der Waals surface area contributed by atoms with E-state index in [1.165, 1.54) is 10.6 Å². The zero-order valence-electron chi connectivity index (χ0n) is 15.3. The van der Waals surface area contributed by atoms with Crippen molar-refractivity contribution in [2.75, 3.05) is 5.32 Å². The van der Waals surface area contributed by atoms with E-state index in [9.17, 15) is 9.59 Å². The molecule has 0 aliphatic carbocycles. The van der Waals surface area contributed by atoms with Gasteiger partial charge >= 0.3 is 0 Å². The second-order valence-electron chi connectivity index (χ2n) is 6.41. The molecule has 7 nitrogen and oxygen atoms in total. The number of benzene rings is 2. The van der Waals surface area contributed by atoms with E-state index in [-0.39, 0.29) is 29.1 Å². The predicted molar refractivity (Wildman–Crippen MR) is 107 cm³/mol. The molecule has 0 radical (unpaired) electrons. The third-order valence-electron chi connectivity index (χ3n) is 4.57. The van der Waals surface area contributed by atoms with Gasteiger partial charge in [-0.2, -0.15) is 9.50 Å². The maximum absolute atomic E-state index is 12.7. The average molecular weight is 373 g/mol. The molecule has 2 aromatic carbocycles. The Bertz CT molecular complexity index is 1170. The van der Waals surface area contributed by atoms with Gasteiger partial charge in [0.1, 0.15) is 0 Å². The SMILES string of the molecule is CC[C@@H](C(=O)Nc1nc2nc(-c3ccccc3)cc(=O)n2[nH]1)c1ccccc1. The van der Waals surface area contributed by atoms with Crippen LogP contribution < -0.4 is 10.9 Å². The van der Waals surface area contributed by atoms with Gasteiger partial charge in [0.05, 0.1) is 11.6 Å². The van der Waals surface area contributed by atoms with E-state index in [0.29, 0.717) is 12.1 Å². The Morgan fingerprint density at radius 2 is 1.75 bits per heavy atom. The van der Waals surface area contributed by atoms with Crippen molar-refractivity contribution < 1.29 is 4.79 Å². The zero-order chi connectivity index (χ0) is 19.5. The van der Waals surface area contributed by atoms with Crippen LogP contribution >= 0.6 is 0 Å². The van der Waals surface area contributed by atoms with E-state index in [0.717, 1.165) is 11.1 Å². The van der Waals surface area contributed by atoms with Gasteiger partial charge in [-0.3, -0.25) is 20.0 Å². The molecule has 1 atom stereocenters. The van der Waals surface area contributed by atoms with Crippen LogP contribution in [-0.2, 0) is 4.79 Å². The number of carbonyl (C=O) groups is 1. The third kappa shape index (κ3) is 3.42. The van der Waals surface area contributed by atoms with Gasteiger partial charge in [-0.1, -0.05) is 67.6 Å². The van der Waals surface area contributed by atoms with Gasteiger partial charge < -0.3 is 0 Å². The highest BCUT2D eigenvalue weighted by molar-refractivity contribution is 5.94. The number of aromatic nitrogens is 4. The largest absolute Gasteiger partial charge is 0.294 e. The Kier molecular flexibility index (Phi) is 4.72. The van der Waals surface area contributed by atoms with E-state index in [1.54, 1.807) is 0 Å². The molecule has 0 unspecified atom stereocenters. The van der Waals surface area contributed by atoms with E-state index in [4.69, 9.17) is 0 Å². The Morgan fingerprint density at radius 1 is 1.07 bits per heavy atom. The molecule has 1 amide bonds. The summed E-state index contributed by atoms with van der Waals surface area (Å²) >= 11 is 0. The summed E-state index contributed by atoms with van der Waals surface area (Å²) in [5.41, 5.74) is 1.99. The fourth-order valence-electron chi connectivity index (χ4n) is 3.16. The highest BCUT2D eigenvalue weighted by Gasteiger charge is 2.20. The molecule has 0 bridgehead atoms. The van der Waals surface area contributed by atoms with Gasteiger partial charge in [-0.25, -0.2) is 4.98 Å². The van der Waals surface area contributed by atoms with Crippen LogP contribution in [-0.4, -0.2) is 25.5 Å². The van der Waals surface area contributed by atoms with Gasteiger partial charge in [0, 0.05) is 11.6 Å². The van der Waals surface area contributed by atoms with E-state index in [2.05, 4.69) is 20.4 Å². The predicted octanol–water partition coefficient (Wildman–Crippen LogP) is 3.22. The number of carbonyl (C=O) groups excluding carboxylic acids is 1. The first-order chi connectivity index (χ1) is 13.7. The highest BCUT2D eigenvalue weighted by Crippen LogP contribution is 2.21. The molecule has 4 aromatic rings. The van der Waals surface area contributed by atoms with Crippen molar-refractivity contribution in [2.24, 2.45) is 0 Å². The highest BCUT2D eigenvalue weighted by atomic mass is 16.2. The standard InChI is InChI=1S/C21H19N5O2/c1-2-16(14-9-5-3-6-10-14)19(28)23-20-24-21-22-17(13-18(27)26(21)25-20)15-11-7-4-8-12-15/h3-13,16H,2H2,1H3,(H2,22,23,24,25,28)/t16-/m1/s1. The summed E-state index contributed by atoms with van der Waals surface area (Å²) in [4.78, 5) is 33.8. The molecule has 2 N–H and O–H groups in total. The number of aromatic amines is 1. The minimum atomic E-state index is -0.307. The topological polar surface area (TPSA) is 92.2 Å². The van der Waals surface area contributed by atoms with Gasteiger partial charge in [0.15, 0.2) is 0 Å². The fourth-order valence-corrected chi connectivity index (χ4v) is 3.16. The maximum Gasteiger partial charge on any atom is 0.274 e. The molecule has 4 rings (SSSR count). The smallest absolute Gasteiger partial charge is 0.274 e. The molecule has 28 heavy (non-hydrogen) atoms. The van der Waals surface area contributed by atoms with E-state index >= 15 is 0 Å². The number of nitrogens with one attached hydrogen (secondary N) is 2. The number of fused-ring (bicyclic) bond motifs is 1. The molecule has 0 saturated carbocycles. The first-order valence-electron chi connectivity index (χ1n) is 9.06. The Balaban J connectivity index is 1.64. The summed E-state index contributed by atoms with van der Waals surface area (Å²) in [7, 11) is 0. The molecule has 0 spiro atoms. The van der Waals surface area contributed by atoms with Crippen molar-refractivity contribution in [1.82, 2.24) is 19.6 Å². The lowest BCUT2D eigenvalue weighted by Gasteiger charge is -2.13. The Hall–Kier alpha value is -3.74. The molecule has 0 aliphatic rings. The second kappa shape index (κ2) is 7.48. The lowest BCUT2D eigenvalue weighted by atomic mass is 9.96. The van der Waals surface area contributed by atoms with Gasteiger partial charge in [0.25, 0.3) is 11.3 Å². The molecule has 0 fully saturated rings. The Morgan fingerprint density at radius 3 is 2.43 bits per heavy atom. The molecule has 7 heteroatoms. The summed E-state index contributed by atoms with van der Waals surface area (Å²) < 4.78 is 1.21. The van der Waals surface area contributed by atoms with Crippen LogP contribution in [0, 0.1) is 0 Å². The normalized spacial score (nSPS) is 12.0. The number of hydrogen-bond donors (Lipinski definition) is 2. The van der Waals surface area contributed by atoms with Crippen LogP contribution in [0.3, 0.4) is 0 Å². The number of amides is 1. The zero-order valence-corrected chi connectivity index (χ0v) is 15.3. The first-order valence-corrected chi connectivity index (χ1v) is 9.06. The molecular formula is C21H19N5O2. The van der Waals surface area contributed by atoms with Crippen molar-refractivity contribution in [2.45, 2.75) is 19.3 Å². The van der Waals surface area contributed by atoms with E-state index < -0.39 is 0 Å². The van der Waals surface area contributed by atoms with Gasteiger partial charge in [0.2, 0.25) is 11.9 Å². The summed E-state index contributed by atoms with van der Waals surface area (Å²) in [6.07, 6.45) is 0.645. The van der Waals surface area contributed by atoms with Crippen LogP contribution in [0.1, 0.15) is 24.8 Å². The van der Waals surface area contributed by atoms with Crippen LogP contribution in [0.15, 0.2) is 71.5 Å². The maximum atomic E-state index is 12.7. The Labute approximate surface area is 161 Å². The van der Waals surface area contributed by atoms with Crippen molar-refractivity contribution in [1.29, 1.82) is 0 Å². The van der Waals surface area contributed by atoms with E-state index in [1.807, 2.05) is 67.6 Å². The van der Waals surface area contributed by atoms with Crippen LogP contribution in [0.2, 0.25) is 0 Å². The van der Waals surface area contributed by atoms with Gasteiger partial charge in [-0.05, 0) is 12.0 Å². The molecular weight excluding hydrogens is 354 g/mol. The number of nitrogens with zero attached hydrogens (tertiary/aromatic N) is 3. The first kappa shape index (κ1) is 17.7. The quantitative estimate of drug-likeness (QED) is 0.562. The van der Waals surface area contributed by atoms with Crippen LogP contribution in [0.5, 0.6) is 0 Å². The monoisotopic (exact) mass is 373 g/mol. The minimum absolute atomic E-state index is 0.189. The van der Waals surface area contributed by atoms with Crippen molar-refractivity contribution >= 4 is 17.6 Å². The summed E-state index contributed by atoms with van der Waals surface area (Å²) in [6, 6.07) is 20.4. The number of hydrogen-bond acceptors (Lipinski definition) is 4. The number of rotatable bonds is 5. The third-order valence-corrected chi connectivity index (χ3v) is 4.57. The lowest BCUT2D eigenvalue weighted by Crippen LogP contribution is -2.21. The molecule has 2 heterocycles. The van der Waals surface area contributed by atoms with Crippen molar-refractivity contribution in [3.05, 3.63) is 82.6 Å². The molecule has 2 aromatic heterocycles. The van der Waals surface area contributed by atoms with Crippen molar-refractivity contribution in [3.8, 4) is 11.3 Å².